The van der Waals surface area contributed by atoms with Gasteiger partial charge in [0.2, 0.25) is 0 Å². The van der Waals surface area contributed by atoms with E-state index in [1.54, 1.807) is 32.0 Å². The molecule has 3 N–H and O–H groups in total. The molecule has 6 aromatic carbocycles. The van der Waals surface area contributed by atoms with E-state index in [9.17, 15) is 22.5 Å². The van der Waals surface area contributed by atoms with Gasteiger partial charge in [0, 0.05) is 28.1 Å². The van der Waals surface area contributed by atoms with Gasteiger partial charge in [0.1, 0.15) is 15.3 Å². The van der Waals surface area contributed by atoms with Crippen molar-refractivity contribution >= 4 is 155 Å². The zero-order chi connectivity index (χ0) is 76.7. The van der Waals surface area contributed by atoms with Crippen LogP contribution in [-0.2, 0) is 59.8 Å². The van der Waals surface area contributed by atoms with Gasteiger partial charge in [0.25, 0.3) is 0 Å². The zero-order valence-electron chi connectivity index (χ0n) is 63.2. The molecule has 6 aromatic rings. The number of carbonyl (C=O) groups is 1. The van der Waals surface area contributed by atoms with Gasteiger partial charge in [-0.3, -0.25) is 0 Å². The fraction of sp³-hybridized carbons (Fsp3) is 0.476. The third kappa shape index (κ3) is 30.1. The van der Waals surface area contributed by atoms with Crippen molar-refractivity contribution in [3.05, 3.63) is 227 Å². The number of ether oxygens (including phenoxy) is 1. The van der Waals surface area contributed by atoms with Crippen LogP contribution >= 0.6 is 93.6 Å². The molecule has 9 nitrogen and oxygen atoms in total. The van der Waals surface area contributed by atoms with Crippen molar-refractivity contribution in [1.29, 1.82) is 0 Å². The highest BCUT2D eigenvalue weighted by molar-refractivity contribution is 14.1. The van der Waals surface area contributed by atoms with Crippen molar-refractivity contribution < 1.29 is 27.3 Å². The highest BCUT2D eigenvalue weighted by Crippen LogP contribution is 2.64. The molecule has 0 spiro atoms. The maximum Gasteiger partial charge on any atom is 0.337 e. The van der Waals surface area contributed by atoms with Crippen LogP contribution in [-0.4, -0.2) is 55.1 Å². The van der Waals surface area contributed by atoms with Gasteiger partial charge in [-0.15, -0.1) is 23.2 Å². The summed E-state index contributed by atoms with van der Waals surface area (Å²) >= 11 is 25.1. The average molecular weight is 1790 g/mol. The molecule has 4 fully saturated rings. The summed E-state index contributed by atoms with van der Waals surface area (Å²) in [6, 6.07) is 48.4. The fourth-order valence-corrected chi connectivity index (χ4v) is 16.4. The van der Waals surface area contributed by atoms with E-state index in [-0.39, 0.29) is 36.7 Å². The van der Waals surface area contributed by atoms with E-state index in [4.69, 9.17) is 23.2 Å². The molecule has 4 aliphatic rings. The molecule has 0 saturated heterocycles. The Hall–Kier alpha value is -3.24. The lowest BCUT2D eigenvalue weighted by Gasteiger charge is -2.40. The van der Waals surface area contributed by atoms with Crippen molar-refractivity contribution in [2.75, 3.05) is 7.11 Å². The van der Waals surface area contributed by atoms with E-state index in [2.05, 4.69) is 188 Å². The average Bonchev–Trinajstić information content (AvgIpc) is 1.56. The molecule has 10 rings (SSSR count). The summed E-state index contributed by atoms with van der Waals surface area (Å²) in [4.78, 5) is 10.9. The van der Waals surface area contributed by atoms with Crippen LogP contribution in [0, 0.1) is 3.57 Å². The van der Waals surface area contributed by atoms with Gasteiger partial charge < -0.3 is 9.84 Å². The number of hydrogen-bond acceptors (Lipinski definition) is 6. The van der Waals surface area contributed by atoms with Crippen LogP contribution in [0.3, 0.4) is 0 Å². The number of methoxy groups -OCH3 is 1. The monoisotopic (exact) mass is 1790 g/mol. The van der Waals surface area contributed by atoms with Crippen LogP contribution in [0.1, 0.15) is 256 Å². The topological polar surface area (TPSA) is 134 Å². The molecule has 0 bridgehead atoms. The normalized spacial score (nSPS) is 18.2. The summed E-state index contributed by atoms with van der Waals surface area (Å²) in [6.07, 6.45) is 18.0. The van der Waals surface area contributed by atoms with Crippen LogP contribution in [0.4, 0.5) is 0 Å². The van der Waals surface area contributed by atoms with Crippen LogP contribution in [0.15, 0.2) is 183 Å². The van der Waals surface area contributed by atoms with Crippen molar-refractivity contribution in [2.45, 2.75) is 247 Å². The smallest absolute Gasteiger partial charge is 0.337 e. The van der Waals surface area contributed by atoms with Crippen molar-refractivity contribution in [2.24, 2.45) is 4.40 Å². The quantitative estimate of drug-likeness (QED) is 0.0599. The number of halogens is 6. The second-order valence-electron chi connectivity index (χ2n) is 30.6. The lowest BCUT2D eigenvalue weighted by molar-refractivity contribution is 0.0600. The van der Waals surface area contributed by atoms with Crippen LogP contribution in [0.25, 0.3) is 16.7 Å². The molecule has 0 heterocycles. The van der Waals surface area contributed by atoms with E-state index in [1.807, 2.05) is 138 Å². The largest absolute Gasteiger partial charge is 0.465 e. The van der Waals surface area contributed by atoms with E-state index < -0.39 is 42.9 Å². The minimum atomic E-state index is -1.10. The van der Waals surface area contributed by atoms with E-state index in [0.29, 0.717) is 5.56 Å². The Labute approximate surface area is 670 Å². The molecule has 4 unspecified atom stereocenters. The number of hydrogen-bond donors (Lipinski definition) is 3. The zero-order valence-corrected chi connectivity index (χ0v) is 74.1. The molecule has 0 aliphatic heterocycles. The maximum absolute atomic E-state index is 12.9. The van der Waals surface area contributed by atoms with Gasteiger partial charge in [0.05, 0.1) is 65.6 Å². The van der Waals surface area contributed by atoms with Crippen molar-refractivity contribution in [3.63, 3.8) is 0 Å². The second-order valence-corrected chi connectivity index (χ2v) is 42.0. The fourth-order valence-electron chi connectivity index (χ4n) is 11.2. The molecular formula is C84H113Br3Cl2IN3O6S3. The number of allylic oxidation sites excluding steroid dienone is 3. The van der Waals surface area contributed by atoms with Crippen LogP contribution in [0.5, 0.6) is 0 Å². The Morgan fingerprint density at radius 2 is 0.882 bits per heavy atom. The lowest BCUT2D eigenvalue weighted by Crippen LogP contribution is -2.49. The highest BCUT2D eigenvalue weighted by Gasteiger charge is 2.64. The first-order valence-electron chi connectivity index (χ1n) is 35.2. The Balaban J connectivity index is 0.000000261. The summed E-state index contributed by atoms with van der Waals surface area (Å²) in [5.74, 6) is -0.314. The molecule has 560 valence electrons. The number of rotatable bonds is 13. The first kappa shape index (κ1) is 91.1. The Morgan fingerprint density at radius 3 is 1.25 bits per heavy atom. The first-order valence-corrected chi connectivity index (χ1v) is 42.8. The SMILES string of the molecule is C=C(C)c1cccc(Br)c1.C=C(C)c1cccc(C2(NS(=O)C(C)(C)C)CCCCC2)c1.C=C(C)c1cccc(I)c1.CC(C)(C)S(=O)N=C1CCCCC1.CC(C)(C)S(=O)NC1(c2cccc(C3(C)CC3(Cl)Cl)c2)CCCCC1.CC(C)(O)c1cccc(Br)c1.COC(=O)c1cccc(Br)c1. The molecule has 4 saturated carbocycles. The lowest BCUT2D eigenvalue weighted by atomic mass is 9.76. The Bertz CT molecular complexity index is 3800. The first-order chi connectivity index (χ1) is 47.4. The van der Waals surface area contributed by atoms with Gasteiger partial charge in [-0.1, -0.05) is 221 Å². The molecule has 18 heteroatoms. The van der Waals surface area contributed by atoms with Crippen LogP contribution in [0.2, 0.25) is 0 Å². The summed E-state index contributed by atoms with van der Waals surface area (Å²) in [7, 11) is -1.85. The minimum Gasteiger partial charge on any atom is -0.465 e. The third-order valence-electron chi connectivity index (χ3n) is 17.9. The third-order valence-corrected chi connectivity index (χ3v) is 26.0. The van der Waals surface area contributed by atoms with Gasteiger partial charge in [0.15, 0.2) is 0 Å². The molecule has 0 aromatic heterocycles. The predicted octanol–water partition coefficient (Wildman–Crippen LogP) is 25.2. The Kier molecular flexibility index (Phi) is 37.0. The Morgan fingerprint density at radius 1 is 0.520 bits per heavy atom. The molecule has 102 heavy (non-hydrogen) atoms. The van der Waals surface area contributed by atoms with E-state index >= 15 is 0 Å². The van der Waals surface area contributed by atoms with Gasteiger partial charge in [-0.25, -0.2) is 26.9 Å². The number of alkyl halides is 2. The predicted molar refractivity (Wildman–Crippen MR) is 462 cm³/mol. The van der Waals surface area contributed by atoms with Crippen LogP contribution < -0.4 is 9.44 Å². The summed E-state index contributed by atoms with van der Waals surface area (Å²) < 4.78 is 55.9. The molecule has 4 aliphatic carbocycles. The number of carbonyl (C=O) groups excluding carboxylic acids is 1. The van der Waals surface area contributed by atoms with Gasteiger partial charge in [-0.05, 0) is 277 Å². The summed E-state index contributed by atoms with van der Waals surface area (Å²) in [6.45, 7) is 41.5. The van der Waals surface area contributed by atoms with Crippen molar-refractivity contribution in [3.8, 4) is 0 Å². The number of esters is 1. The minimum absolute atomic E-state index is 0.165. The standard InChI is InChI=1S/C20H29Cl2NOS.C19H29NOS.C10H19NOS.C9H11BrO.C9H9Br.C9H9I.C8H7BrO2/c1-17(2,3)25(24)23-19(11-6-5-7-12-19)16-10-8-9-15(13-16)18(4)14-20(18,21)22;1-15(2)16-10-9-11-17(14-16)19(12-7-6-8-13-19)20-22(21)18(3,4)5;1-10(2,3)13(12)11-9-7-5-4-6-8-9;1-9(2,11)7-4-3-5-8(10)6-7;2*1-7(2)8-4-3-5-9(10)6-8;1-11-8(10)6-3-2-4-7(9)5-6/h8-10,13,23H,5-7,11-12,14H2,1-4H3;9-11,14,20H,1,6-8,12-13H2,2-5H3;4-8H2,1-3H3;3-6,11H,1-2H3;2*3-6H,1H2,2H3;2-5H,1H3. The summed E-state index contributed by atoms with van der Waals surface area (Å²) in [5.41, 5.74) is 11.9. The van der Waals surface area contributed by atoms with E-state index in [0.717, 1.165) is 93.5 Å². The molecule has 0 amide bonds. The summed E-state index contributed by atoms with van der Waals surface area (Å²) in [5, 5.41) is 9.59. The maximum atomic E-state index is 12.9. The molecule has 4 atom stereocenters. The number of benzene rings is 6. The highest BCUT2D eigenvalue weighted by atomic mass is 127. The number of aliphatic hydroxyl groups is 1. The van der Waals surface area contributed by atoms with Crippen molar-refractivity contribution in [1.82, 2.24) is 9.44 Å². The van der Waals surface area contributed by atoms with Gasteiger partial charge in [-0.2, -0.15) is 4.40 Å². The number of nitrogens with one attached hydrogen (secondary N) is 2. The second kappa shape index (κ2) is 41.4. The number of nitrogens with zero attached hydrogens (tertiary/aromatic N) is 1. The van der Waals surface area contributed by atoms with E-state index in [1.165, 1.54) is 94.7 Å². The molecule has 0 radical (unpaired) electrons. The molecular weight excluding hydrogens is 1680 g/mol. The van der Waals surface area contributed by atoms with Gasteiger partial charge >= 0.3 is 5.97 Å².